The first-order chi connectivity index (χ1) is 11.3. The third kappa shape index (κ3) is 3.57. The van der Waals surface area contributed by atoms with Gasteiger partial charge in [-0.1, -0.05) is 23.7 Å². The van der Waals surface area contributed by atoms with Gasteiger partial charge in [0.2, 0.25) is 10.0 Å². The maximum Gasteiger partial charge on any atom is 0.340 e. The van der Waals surface area contributed by atoms with Gasteiger partial charge >= 0.3 is 5.97 Å². The molecule has 24 heavy (non-hydrogen) atoms. The molecule has 2 N–H and O–H groups in total. The van der Waals surface area contributed by atoms with Gasteiger partial charge in [-0.25, -0.2) is 23.3 Å². The molecule has 1 aromatic heterocycles. The second-order valence-corrected chi connectivity index (χ2v) is 7.92. The number of nitrogens with zero attached hydrogens (tertiary/aromatic N) is 1. The van der Waals surface area contributed by atoms with E-state index in [1.165, 1.54) is 23.5 Å². The number of primary sulfonamides is 1. The molecule has 0 radical (unpaired) electrons. The number of esters is 1. The van der Waals surface area contributed by atoms with Crippen molar-refractivity contribution in [1.29, 1.82) is 0 Å². The second-order valence-electron chi connectivity index (χ2n) is 4.84. The molecular formula is C15H11ClN2O4S2. The minimum atomic E-state index is -3.94. The van der Waals surface area contributed by atoms with Gasteiger partial charge in [0.25, 0.3) is 0 Å². The fourth-order valence-electron chi connectivity index (χ4n) is 2.02. The molecule has 0 aliphatic heterocycles. The molecule has 9 heteroatoms. The van der Waals surface area contributed by atoms with Crippen molar-refractivity contribution < 1.29 is 17.9 Å². The van der Waals surface area contributed by atoms with Gasteiger partial charge in [-0.15, -0.1) is 11.3 Å². The number of fused-ring (bicyclic) bond motifs is 1. The van der Waals surface area contributed by atoms with Crippen molar-refractivity contribution in [1.82, 2.24) is 4.98 Å². The van der Waals surface area contributed by atoms with E-state index in [0.29, 0.717) is 5.01 Å². The Morgan fingerprint density at radius 3 is 2.71 bits per heavy atom. The number of rotatable bonds is 4. The van der Waals surface area contributed by atoms with Crippen LogP contribution in [0.25, 0.3) is 10.2 Å². The summed E-state index contributed by atoms with van der Waals surface area (Å²) in [5, 5.41) is 5.76. The van der Waals surface area contributed by atoms with Gasteiger partial charge in [0.05, 0.1) is 25.7 Å². The maximum atomic E-state index is 12.2. The van der Waals surface area contributed by atoms with Gasteiger partial charge in [-0.05, 0) is 30.3 Å². The summed E-state index contributed by atoms with van der Waals surface area (Å²) in [6.07, 6.45) is 0. The lowest BCUT2D eigenvalue weighted by atomic mass is 10.2. The zero-order chi connectivity index (χ0) is 17.3. The molecule has 2 aromatic carbocycles. The summed E-state index contributed by atoms with van der Waals surface area (Å²) >= 11 is 7.35. The molecule has 0 aliphatic rings. The minimum absolute atomic E-state index is 0.0336. The quantitative estimate of drug-likeness (QED) is 0.699. The Labute approximate surface area is 146 Å². The van der Waals surface area contributed by atoms with Crippen LogP contribution in [0, 0.1) is 0 Å². The Morgan fingerprint density at radius 1 is 1.25 bits per heavy atom. The van der Waals surface area contributed by atoms with E-state index in [4.69, 9.17) is 21.5 Å². The molecule has 6 nitrogen and oxygen atoms in total. The van der Waals surface area contributed by atoms with Crippen LogP contribution in [-0.4, -0.2) is 19.4 Å². The molecule has 0 aliphatic carbocycles. The normalized spacial score (nSPS) is 11.6. The van der Waals surface area contributed by atoms with E-state index >= 15 is 0 Å². The molecule has 0 saturated heterocycles. The molecule has 0 atom stereocenters. The van der Waals surface area contributed by atoms with Crippen LogP contribution in [0.5, 0.6) is 0 Å². The standard InChI is InChI=1S/C15H11ClN2O4S2/c16-11-6-5-9(24(17,20)21)7-10(11)15(19)22-8-14-18-12-3-1-2-4-13(12)23-14/h1-7H,8H2,(H2,17,20,21). The van der Waals surface area contributed by atoms with E-state index < -0.39 is 16.0 Å². The number of aromatic nitrogens is 1. The van der Waals surface area contributed by atoms with Crippen LogP contribution in [-0.2, 0) is 21.4 Å². The predicted molar refractivity (Wildman–Crippen MR) is 91.6 cm³/mol. The number of carbonyl (C=O) groups is 1. The van der Waals surface area contributed by atoms with Crippen LogP contribution in [0.15, 0.2) is 47.4 Å². The van der Waals surface area contributed by atoms with Crippen molar-refractivity contribution in [2.75, 3.05) is 0 Å². The van der Waals surface area contributed by atoms with Crippen LogP contribution in [0.4, 0.5) is 0 Å². The number of thiazole rings is 1. The van der Waals surface area contributed by atoms with E-state index in [9.17, 15) is 13.2 Å². The summed E-state index contributed by atoms with van der Waals surface area (Å²) in [5.41, 5.74) is 0.757. The van der Waals surface area contributed by atoms with E-state index in [2.05, 4.69) is 4.98 Å². The molecule has 0 unspecified atom stereocenters. The summed E-state index contributed by atoms with van der Waals surface area (Å²) in [4.78, 5) is 16.3. The third-order valence-corrected chi connectivity index (χ3v) is 5.40. The molecule has 3 aromatic rings. The van der Waals surface area contributed by atoms with E-state index in [0.717, 1.165) is 16.3 Å². The van der Waals surface area contributed by atoms with E-state index in [1.54, 1.807) is 0 Å². The largest absolute Gasteiger partial charge is 0.455 e. The number of carbonyl (C=O) groups excluding carboxylic acids is 1. The number of sulfonamides is 1. The lowest BCUT2D eigenvalue weighted by molar-refractivity contribution is 0.0472. The Kier molecular flexibility index (Phi) is 4.55. The van der Waals surface area contributed by atoms with Crippen LogP contribution in [0.1, 0.15) is 15.4 Å². The van der Waals surface area contributed by atoms with Crippen molar-refractivity contribution in [3.8, 4) is 0 Å². The SMILES string of the molecule is NS(=O)(=O)c1ccc(Cl)c(C(=O)OCc2nc3ccccc3s2)c1. The van der Waals surface area contributed by atoms with Crippen molar-refractivity contribution in [3.05, 3.63) is 58.1 Å². The molecule has 0 amide bonds. The Hall–Kier alpha value is -2.00. The highest BCUT2D eigenvalue weighted by Gasteiger charge is 2.17. The highest BCUT2D eigenvalue weighted by atomic mass is 35.5. The Balaban J connectivity index is 1.79. The van der Waals surface area contributed by atoms with Crippen LogP contribution < -0.4 is 5.14 Å². The lowest BCUT2D eigenvalue weighted by Crippen LogP contribution is -2.14. The molecule has 0 saturated carbocycles. The topological polar surface area (TPSA) is 99.4 Å². The zero-order valence-electron chi connectivity index (χ0n) is 12.1. The van der Waals surface area contributed by atoms with Gasteiger partial charge in [-0.3, -0.25) is 0 Å². The fourth-order valence-corrected chi connectivity index (χ4v) is 3.64. The summed E-state index contributed by atoms with van der Waals surface area (Å²) in [7, 11) is -3.94. The van der Waals surface area contributed by atoms with Gasteiger partial charge in [0.1, 0.15) is 11.6 Å². The molecule has 124 valence electrons. The van der Waals surface area contributed by atoms with Crippen molar-refractivity contribution in [2.45, 2.75) is 11.5 Å². The number of para-hydroxylation sites is 1. The van der Waals surface area contributed by atoms with Crippen molar-refractivity contribution in [3.63, 3.8) is 0 Å². The zero-order valence-corrected chi connectivity index (χ0v) is 14.5. The summed E-state index contributed by atoms with van der Waals surface area (Å²) in [6, 6.07) is 11.2. The number of hydrogen-bond acceptors (Lipinski definition) is 6. The van der Waals surface area contributed by atoms with Gasteiger partial charge in [-0.2, -0.15) is 0 Å². The third-order valence-electron chi connectivity index (χ3n) is 3.15. The number of halogens is 1. The van der Waals surface area contributed by atoms with Gasteiger partial charge in [0, 0.05) is 0 Å². The molecule has 0 spiro atoms. The first kappa shape index (κ1) is 16.8. The number of hydrogen-bond donors (Lipinski definition) is 1. The molecular weight excluding hydrogens is 372 g/mol. The summed E-state index contributed by atoms with van der Waals surface area (Å²) in [5.74, 6) is -0.746. The van der Waals surface area contributed by atoms with Gasteiger partial charge in [0.15, 0.2) is 0 Å². The van der Waals surface area contributed by atoms with Crippen LogP contribution >= 0.6 is 22.9 Å². The first-order valence-electron chi connectivity index (χ1n) is 6.68. The highest BCUT2D eigenvalue weighted by Crippen LogP contribution is 2.24. The van der Waals surface area contributed by atoms with Crippen LogP contribution in [0.3, 0.4) is 0 Å². The lowest BCUT2D eigenvalue weighted by Gasteiger charge is -2.06. The minimum Gasteiger partial charge on any atom is -0.455 e. The smallest absolute Gasteiger partial charge is 0.340 e. The van der Waals surface area contributed by atoms with E-state index in [1.807, 2.05) is 24.3 Å². The monoisotopic (exact) mass is 382 g/mol. The average Bonchev–Trinajstić information content (AvgIpc) is 2.94. The van der Waals surface area contributed by atoms with Crippen LogP contribution in [0.2, 0.25) is 5.02 Å². The number of nitrogens with two attached hydrogens (primary N) is 1. The van der Waals surface area contributed by atoms with Crippen molar-refractivity contribution >= 4 is 49.1 Å². The van der Waals surface area contributed by atoms with E-state index in [-0.39, 0.29) is 22.1 Å². The number of ether oxygens (including phenoxy) is 1. The molecule has 3 rings (SSSR count). The molecule has 1 heterocycles. The predicted octanol–water partition coefficient (Wildman–Crippen LogP) is 2.95. The number of benzene rings is 2. The summed E-state index contributed by atoms with van der Waals surface area (Å²) in [6.45, 7) is -0.0336. The summed E-state index contributed by atoms with van der Waals surface area (Å²) < 4.78 is 28.9. The van der Waals surface area contributed by atoms with Gasteiger partial charge < -0.3 is 4.74 Å². The first-order valence-corrected chi connectivity index (χ1v) is 9.42. The average molecular weight is 383 g/mol. The maximum absolute atomic E-state index is 12.2. The fraction of sp³-hybridized carbons (Fsp3) is 0.0667. The highest BCUT2D eigenvalue weighted by molar-refractivity contribution is 7.89. The van der Waals surface area contributed by atoms with Crippen molar-refractivity contribution in [2.24, 2.45) is 5.14 Å². The Bertz CT molecular complexity index is 998. The second kappa shape index (κ2) is 6.48. The molecule has 0 fully saturated rings. The molecule has 0 bridgehead atoms. The Morgan fingerprint density at radius 2 is 2.00 bits per heavy atom.